The van der Waals surface area contributed by atoms with Gasteiger partial charge in [0.1, 0.15) is 17.0 Å². The van der Waals surface area contributed by atoms with Gasteiger partial charge in [0, 0.05) is 18.2 Å². The van der Waals surface area contributed by atoms with Crippen LogP contribution in [0.4, 0.5) is 0 Å². The number of nitrogens with zero attached hydrogens (tertiary/aromatic N) is 1. The average Bonchev–Trinajstić information content (AvgIpc) is 2.79. The summed E-state index contributed by atoms with van der Waals surface area (Å²) in [5.74, 6) is 0.970. The Kier molecular flexibility index (Phi) is 5.11. The van der Waals surface area contributed by atoms with E-state index in [1.807, 2.05) is 23.1 Å². The van der Waals surface area contributed by atoms with Crippen LogP contribution in [0, 0.1) is 6.92 Å². The maximum Gasteiger partial charge on any atom is 0.263 e. The van der Waals surface area contributed by atoms with E-state index in [0.29, 0.717) is 0 Å². The fourth-order valence-corrected chi connectivity index (χ4v) is 4.13. The van der Waals surface area contributed by atoms with Gasteiger partial charge in [-0.05, 0) is 37.0 Å². The SMILES string of the molecule is CC/C(=C\c1sc2cc(OC)c(C)cc2[n+]1CC)SC. The van der Waals surface area contributed by atoms with Crippen molar-refractivity contribution in [3.8, 4) is 5.75 Å². The molecule has 2 rings (SSSR count). The topological polar surface area (TPSA) is 13.1 Å². The monoisotopic (exact) mass is 308 g/mol. The van der Waals surface area contributed by atoms with E-state index in [-0.39, 0.29) is 0 Å². The second-order valence-corrected chi connectivity index (χ2v) is 6.64. The average molecular weight is 308 g/mol. The molecule has 1 heterocycles. The van der Waals surface area contributed by atoms with Crippen LogP contribution in [0.2, 0.25) is 0 Å². The van der Waals surface area contributed by atoms with Crippen molar-refractivity contribution in [1.29, 1.82) is 0 Å². The number of allylic oxidation sites excluding steroid dienone is 1. The second kappa shape index (κ2) is 6.64. The normalized spacial score (nSPS) is 12.2. The number of rotatable bonds is 5. The Morgan fingerprint density at radius 2 is 2.15 bits per heavy atom. The third-order valence-corrected chi connectivity index (χ3v) is 5.48. The van der Waals surface area contributed by atoms with Crippen molar-refractivity contribution in [2.75, 3.05) is 13.4 Å². The van der Waals surface area contributed by atoms with Gasteiger partial charge in [-0.3, -0.25) is 0 Å². The summed E-state index contributed by atoms with van der Waals surface area (Å²) >= 11 is 3.67. The number of ether oxygens (including phenoxy) is 1. The van der Waals surface area contributed by atoms with Crippen molar-refractivity contribution in [2.24, 2.45) is 0 Å². The number of aryl methyl sites for hydroxylation is 2. The molecule has 0 aliphatic rings. The molecule has 0 radical (unpaired) electrons. The van der Waals surface area contributed by atoms with E-state index in [1.54, 1.807) is 7.11 Å². The summed E-state index contributed by atoms with van der Waals surface area (Å²) in [6, 6.07) is 4.39. The van der Waals surface area contributed by atoms with Crippen molar-refractivity contribution in [2.45, 2.75) is 33.7 Å². The minimum Gasteiger partial charge on any atom is -0.496 e. The van der Waals surface area contributed by atoms with Crippen molar-refractivity contribution in [1.82, 2.24) is 0 Å². The summed E-state index contributed by atoms with van der Waals surface area (Å²) in [5, 5.41) is 1.32. The number of benzene rings is 1. The Morgan fingerprint density at radius 3 is 2.70 bits per heavy atom. The van der Waals surface area contributed by atoms with Crippen LogP contribution in [0.25, 0.3) is 16.3 Å². The summed E-state index contributed by atoms with van der Waals surface area (Å²) < 4.78 is 9.11. The van der Waals surface area contributed by atoms with Gasteiger partial charge < -0.3 is 4.74 Å². The molecule has 0 N–H and O–H groups in total. The summed E-state index contributed by atoms with van der Waals surface area (Å²) in [6.45, 7) is 7.50. The zero-order valence-electron chi connectivity index (χ0n) is 12.8. The van der Waals surface area contributed by atoms with Gasteiger partial charge in [0.05, 0.1) is 7.11 Å². The van der Waals surface area contributed by atoms with Crippen LogP contribution in [-0.2, 0) is 6.54 Å². The van der Waals surface area contributed by atoms with E-state index in [9.17, 15) is 0 Å². The number of hydrogen-bond donors (Lipinski definition) is 0. The molecule has 2 nitrogen and oxygen atoms in total. The van der Waals surface area contributed by atoms with Gasteiger partial charge in [-0.25, -0.2) is 0 Å². The molecule has 108 valence electrons. The Balaban J connectivity index is 2.64. The number of thioether (sulfide) groups is 1. The van der Waals surface area contributed by atoms with E-state index in [1.165, 1.54) is 25.7 Å². The molecule has 20 heavy (non-hydrogen) atoms. The standard InChI is InChI=1S/C16H22NOS2/c1-6-12(19-5)9-16-17(7-2)13-8-11(3)14(18-4)10-15(13)20-16/h8-10H,6-7H2,1-5H3/q+1/b12-9+. The number of aromatic nitrogens is 1. The smallest absolute Gasteiger partial charge is 0.263 e. The highest BCUT2D eigenvalue weighted by molar-refractivity contribution is 8.02. The van der Waals surface area contributed by atoms with Crippen LogP contribution in [-0.4, -0.2) is 13.4 Å². The van der Waals surface area contributed by atoms with Crippen LogP contribution in [0.1, 0.15) is 30.8 Å². The number of fused-ring (bicyclic) bond motifs is 1. The predicted molar refractivity (Wildman–Crippen MR) is 90.8 cm³/mol. The zero-order valence-corrected chi connectivity index (χ0v) is 14.5. The van der Waals surface area contributed by atoms with Gasteiger partial charge in [-0.1, -0.05) is 18.3 Å². The lowest BCUT2D eigenvalue weighted by Crippen LogP contribution is -2.33. The fraction of sp³-hybridized carbons (Fsp3) is 0.438. The van der Waals surface area contributed by atoms with E-state index in [0.717, 1.165) is 18.7 Å². The zero-order chi connectivity index (χ0) is 14.7. The Morgan fingerprint density at radius 1 is 1.40 bits per heavy atom. The summed E-state index contributed by atoms with van der Waals surface area (Å²) in [7, 11) is 1.74. The minimum absolute atomic E-state index is 0.970. The Labute approximate surface area is 129 Å². The molecule has 0 atom stereocenters. The quantitative estimate of drug-likeness (QED) is 0.746. The molecule has 0 aliphatic heterocycles. The molecule has 0 amide bonds. The predicted octanol–water partition coefficient (Wildman–Crippen LogP) is 4.64. The molecular formula is C16H22NOS2+. The molecular weight excluding hydrogens is 286 g/mol. The van der Waals surface area contributed by atoms with Gasteiger partial charge in [0.25, 0.3) is 5.01 Å². The molecule has 0 aliphatic carbocycles. The highest BCUT2D eigenvalue weighted by Crippen LogP contribution is 2.30. The van der Waals surface area contributed by atoms with Gasteiger partial charge in [0.2, 0.25) is 5.52 Å². The van der Waals surface area contributed by atoms with Crippen LogP contribution in [0.5, 0.6) is 5.75 Å². The number of hydrogen-bond acceptors (Lipinski definition) is 3. The van der Waals surface area contributed by atoms with Crippen molar-refractivity contribution in [3.05, 3.63) is 27.6 Å². The molecule has 0 fully saturated rings. The fourth-order valence-electron chi connectivity index (χ4n) is 2.33. The Bertz CT molecular complexity index is 637. The largest absolute Gasteiger partial charge is 0.496 e. The lowest BCUT2D eigenvalue weighted by atomic mass is 10.2. The molecule has 0 spiro atoms. The third-order valence-electron chi connectivity index (χ3n) is 3.46. The van der Waals surface area contributed by atoms with Crippen LogP contribution in [0.15, 0.2) is 17.0 Å². The highest BCUT2D eigenvalue weighted by Gasteiger charge is 2.19. The molecule has 4 heteroatoms. The van der Waals surface area contributed by atoms with Crippen LogP contribution < -0.4 is 9.30 Å². The lowest BCUT2D eigenvalue weighted by Gasteiger charge is -2.02. The second-order valence-electron chi connectivity index (χ2n) is 4.64. The maximum atomic E-state index is 5.44. The Hall–Kier alpha value is -1.000. The molecule has 1 aromatic carbocycles. The molecule has 0 unspecified atom stereocenters. The first kappa shape index (κ1) is 15.4. The van der Waals surface area contributed by atoms with E-state index < -0.39 is 0 Å². The van der Waals surface area contributed by atoms with Gasteiger partial charge >= 0.3 is 0 Å². The van der Waals surface area contributed by atoms with Crippen LogP contribution >= 0.6 is 23.1 Å². The van der Waals surface area contributed by atoms with E-state index in [4.69, 9.17) is 4.74 Å². The molecule has 2 aromatic rings. The number of methoxy groups -OCH3 is 1. The lowest BCUT2D eigenvalue weighted by molar-refractivity contribution is -0.665. The molecule has 0 bridgehead atoms. The van der Waals surface area contributed by atoms with Crippen molar-refractivity contribution < 1.29 is 9.30 Å². The first-order valence-corrected chi connectivity index (χ1v) is 8.94. The summed E-state index contributed by atoms with van der Waals surface area (Å²) in [6.07, 6.45) is 5.55. The first-order chi connectivity index (χ1) is 9.64. The molecule has 0 saturated heterocycles. The third kappa shape index (κ3) is 2.86. The summed E-state index contributed by atoms with van der Waals surface area (Å²) in [5.41, 5.74) is 2.50. The van der Waals surface area contributed by atoms with Gasteiger partial charge in [-0.15, -0.1) is 11.8 Å². The minimum atomic E-state index is 0.970. The van der Waals surface area contributed by atoms with E-state index >= 15 is 0 Å². The number of thiazole rings is 1. The van der Waals surface area contributed by atoms with Gasteiger partial charge in [-0.2, -0.15) is 4.57 Å². The maximum absolute atomic E-state index is 5.44. The highest BCUT2D eigenvalue weighted by atomic mass is 32.2. The van der Waals surface area contributed by atoms with Gasteiger partial charge in [0.15, 0.2) is 0 Å². The van der Waals surface area contributed by atoms with E-state index in [2.05, 4.69) is 49.8 Å². The van der Waals surface area contributed by atoms with Crippen molar-refractivity contribution >= 4 is 39.4 Å². The van der Waals surface area contributed by atoms with Crippen LogP contribution in [0.3, 0.4) is 0 Å². The first-order valence-electron chi connectivity index (χ1n) is 6.90. The molecule has 1 aromatic heterocycles. The molecule has 0 saturated carbocycles. The summed E-state index contributed by atoms with van der Waals surface area (Å²) in [4.78, 5) is 1.42. The van der Waals surface area contributed by atoms with Crippen molar-refractivity contribution in [3.63, 3.8) is 0 Å².